The maximum atomic E-state index is 9.89. The lowest BCUT2D eigenvalue weighted by Crippen LogP contribution is -2.48. The molecule has 4 rings (SSSR count). The van der Waals surface area contributed by atoms with Gasteiger partial charge in [-0.2, -0.15) is 5.26 Å². The molecule has 20 heavy (non-hydrogen) atoms. The fraction of sp³-hybridized carbons (Fsp3) is 0.824. The van der Waals surface area contributed by atoms with Gasteiger partial charge in [-0.1, -0.05) is 0 Å². The average Bonchev–Trinajstić information content (AvgIpc) is 2.32. The van der Waals surface area contributed by atoms with Gasteiger partial charge in [-0.05, 0) is 56.3 Å². The normalized spacial score (nSPS) is 37.5. The molecule has 3 nitrogen and oxygen atoms in total. The second-order valence-electron chi connectivity index (χ2n) is 7.80. The van der Waals surface area contributed by atoms with Gasteiger partial charge in [0.25, 0.3) is 0 Å². The zero-order valence-corrected chi connectivity index (χ0v) is 13.3. The maximum absolute atomic E-state index is 9.89. The smallest absolute Gasteiger partial charge is 0.117 e. The van der Waals surface area contributed by atoms with Gasteiger partial charge in [0, 0.05) is 33.6 Å². The fourth-order valence-electron chi connectivity index (χ4n) is 5.67. The predicted molar refractivity (Wildman–Crippen MR) is 80.6 cm³/mol. The molecule has 4 bridgehead atoms. The average molecular weight is 273 g/mol. The van der Waals surface area contributed by atoms with E-state index in [4.69, 9.17) is 0 Å². The van der Waals surface area contributed by atoms with Gasteiger partial charge in [-0.3, -0.25) is 0 Å². The molecule has 3 heteroatoms. The Labute approximate surface area is 123 Å². The molecule has 0 aliphatic heterocycles. The van der Waals surface area contributed by atoms with Crippen molar-refractivity contribution in [3.63, 3.8) is 0 Å². The molecule has 0 saturated heterocycles. The third-order valence-electron chi connectivity index (χ3n) is 5.75. The number of allylic oxidation sites excluding steroid dienone is 1. The monoisotopic (exact) mass is 273 g/mol. The van der Waals surface area contributed by atoms with Crippen molar-refractivity contribution in [2.45, 2.75) is 38.5 Å². The zero-order chi connectivity index (χ0) is 14.5. The van der Waals surface area contributed by atoms with Crippen LogP contribution in [0.5, 0.6) is 0 Å². The van der Waals surface area contributed by atoms with Crippen LogP contribution in [0.15, 0.2) is 11.4 Å². The summed E-state index contributed by atoms with van der Waals surface area (Å²) in [5, 5.41) is 9.89. The second kappa shape index (κ2) is 4.69. The Balaban J connectivity index is 2.05. The van der Waals surface area contributed by atoms with Crippen molar-refractivity contribution in [1.82, 2.24) is 9.80 Å². The first kappa shape index (κ1) is 13.8. The van der Waals surface area contributed by atoms with E-state index < -0.39 is 0 Å². The summed E-state index contributed by atoms with van der Waals surface area (Å²) in [6.07, 6.45) is 8.05. The highest BCUT2D eigenvalue weighted by Crippen LogP contribution is 2.63. The summed E-state index contributed by atoms with van der Waals surface area (Å²) in [6.45, 7) is 0. The van der Waals surface area contributed by atoms with Gasteiger partial charge in [0.1, 0.15) is 5.82 Å². The summed E-state index contributed by atoms with van der Waals surface area (Å²) in [4.78, 5) is 4.24. The molecule has 0 atom stereocenters. The summed E-state index contributed by atoms with van der Waals surface area (Å²) >= 11 is 0. The third kappa shape index (κ3) is 2.01. The standard InChI is InChI=1S/C17H27N3/c1-19(2)16(20(3)4)15(11-18)17-8-12-5-13(9-17)7-14(6-12)10-17/h12-14H,5-10H2,1-4H3. The first-order valence-corrected chi connectivity index (χ1v) is 7.94. The number of hydrogen-bond acceptors (Lipinski definition) is 3. The number of nitrogens with zero attached hydrogens (tertiary/aromatic N) is 3. The highest BCUT2D eigenvalue weighted by molar-refractivity contribution is 5.36. The molecule has 4 aliphatic rings. The fourth-order valence-corrected chi connectivity index (χ4v) is 5.67. The Hall–Kier alpha value is -1.17. The van der Waals surface area contributed by atoms with Crippen molar-refractivity contribution in [2.24, 2.45) is 23.2 Å². The molecule has 0 aromatic rings. The Morgan fingerprint density at radius 1 is 0.900 bits per heavy atom. The van der Waals surface area contributed by atoms with Crippen LogP contribution < -0.4 is 0 Å². The minimum Gasteiger partial charge on any atom is -0.364 e. The van der Waals surface area contributed by atoms with E-state index in [1.807, 2.05) is 0 Å². The molecule has 4 saturated carbocycles. The second-order valence-corrected chi connectivity index (χ2v) is 7.80. The summed E-state index contributed by atoms with van der Waals surface area (Å²) in [5.41, 5.74) is 1.25. The molecule has 0 amide bonds. The van der Waals surface area contributed by atoms with Crippen LogP contribution in [-0.4, -0.2) is 38.0 Å². The van der Waals surface area contributed by atoms with Crippen LogP contribution in [0.25, 0.3) is 0 Å². The molecule has 0 radical (unpaired) electrons. The van der Waals surface area contributed by atoms with E-state index >= 15 is 0 Å². The summed E-state index contributed by atoms with van der Waals surface area (Å²) in [7, 11) is 8.25. The van der Waals surface area contributed by atoms with Gasteiger partial charge in [-0.15, -0.1) is 0 Å². The van der Waals surface area contributed by atoms with E-state index in [1.165, 1.54) is 38.5 Å². The lowest BCUT2D eigenvalue weighted by molar-refractivity contribution is -0.0302. The van der Waals surface area contributed by atoms with E-state index in [2.05, 4.69) is 44.1 Å². The number of rotatable bonds is 3. The minimum atomic E-state index is 0.188. The molecular formula is C17H27N3. The molecule has 0 spiro atoms. The highest BCUT2D eigenvalue weighted by atomic mass is 15.3. The van der Waals surface area contributed by atoms with E-state index in [1.54, 1.807) is 0 Å². The molecule has 0 heterocycles. The maximum Gasteiger partial charge on any atom is 0.117 e. The van der Waals surface area contributed by atoms with Crippen LogP contribution in [-0.2, 0) is 0 Å². The Morgan fingerprint density at radius 3 is 1.60 bits per heavy atom. The molecule has 0 aromatic heterocycles. The van der Waals surface area contributed by atoms with Crippen LogP contribution >= 0.6 is 0 Å². The highest BCUT2D eigenvalue weighted by Gasteiger charge is 2.53. The van der Waals surface area contributed by atoms with Crippen molar-refractivity contribution in [3.8, 4) is 6.07 Å². The van der Waals surface area contributed by atoms with E-state index in [0.717, 1.165) is 29.1 Å². The van der Waals surface area contributed by atoms with Gasteiger partial charge < -0.3 is 9.80 Å². The third-order valence-corrected chi connectivity index (χ3v) is 5.75. The van der Waals surface area contributed by atoms with Gasteiger partial charge >= 0.3 is 0 Å². The summed E-state index contributed by atoms with van der Waals surface area (Å²) < 4.78 is 0. The van der Waals surface area contributed by atoms with Crippen LogP contribution in [0.4, 0.5) is 0 Å². The molecular weight excluding hydrogens is 246 g/mol. The van der Waals surface area contributed by atoms with Crippen molar-refractivity contribution in [3.05, 3.63) is 11.4 Å². The molecule has 4 aliphatic carbocycles. The van der Waals surface area contributed by atoms with Crippen molar-refractivity contribution >= 4 is 0 Å². The summed E-state index contributed by atoms with van der Waals surface area (Å²) in [5.74, 6) is 3.77. The van der Waals surface area contributed by atoms with Crippen LogP contribution in [0.2, 0.25) is 0 Å². The zero-order valence-electron chi connectivity index (χ0n) is 13.3. The number of hydrogen-bond donors (Lipinski definition) is 0. The van der Waals surface area contributed by atoms with E-state index in [9.17, 15) is 5.26 Å². The Bertz CT molecular complexity index is 422. The first-order chi connectivity index (χ1) is 9.45. The van der Waals surface area contributed by atoms with E-state index in [-0.39, 0.29) is 5.41 Å². The van der Waals surface area contributed by atoms with Crippen molar-refractivity contribution in [2.75, 3.05) is 28.2 Å². The van der Waals surface area contributed by atoms with Gasteiger partial charge in [0.15, 0.2) is 0 Å². The Kier molecular flexibility index (Phi) is 3.23. The SMILES string of the molecule is CN(C)C(=C(C#N)C12CC3CC(CC(C3)C1)C2)N(C)C. The largest absolute Gasteiger partial charge is 0.364 e. The van der Waals surface area contributed by atoms with Crippen LogP contribution in [0.3, 0.4) is 0 Å². The van der Waals surface area contributed by atoms with Crippen LogP contribution in [0, 0.1) is 34.5 Å². The minimum absolute atomic E-state index is 0.188. The van der Waals surface area contributed by atoms with Crippen molar-refractivity contribution in [1.29, 1.82) is 5.26 Å². The topological polar surface area (TPSA) is 30.3 Å². The Morgan fingerprint density at radius 2 is 1.30 bits per heavy atom. The number of nitriles is 1. The molecule has 0 unspecified atom stereocenters. The van der Waals surface area contributed by atoms with Crippen molar-refractivity contribution < 1.29 is 0 Å². The molecule has 0 aromatic carbocycles. The van der Waals surface area contributed by atoms with Gasteiger partial charge in [-0.25, -0.2) is 0 Å². The quantitative estimate of drug-likeness (QED) is 0.740. The lowest BCUT2D eigenvalue weighted by atomic mass is 9.48. The lowest BCUT2D eigenvalue weighted by Gasteiger charge is -2.57. The van der Waals surface area contributed by atoms with Gasteiger partial charge in [0.2, 0.25) is 0 Å². The van der Waals surface area contributed by atoms with Gasteiger partial charge in [0.05, 0.1) is 11.6 Å². The van der Waals surface area contributed by atoms with Crippen LogP contribution in [0.1, 0.15) is 38.5 Å². The molecule has 110 valence electrons. The van der Waals surface area contributed by atoms with E-state index in [0.29, 0.717) is 0 Å². The molecule has 4 fully saturated rings. The summed E-state index contributed by atoms with van der Waals surface area (Å²) in [6, 6.07) is 2.62. The molecule has 0 N–H and O–H groups in total. The predicted octanol–water partition coefficient (Wildman–Crippen LogP) is 3.06. The first-order valence-electron chi connectivity index (χ1n) is 7.94.